The van der Waals surface area contributed by atoms with Crippen LogP contribution < -0.4 is 15.8 Å². The summed E-state index contributed by atoms with van der Waals surface area (Å²) in [5.74, 6) is 1.11. The minimum absolute atomic E-state index is 0. The lowest BCUT2D eigenvalue weighted by molar-refractivity contribution is -0.120. The molecule has 0 aliphatic carbocycles. The summed E-state index contributed by atoms with van der Waals surface area (Å²) in [6.45, 7) is 5.79. The highest BCUT2D eigenvalue weighted by Crippen LogP contribution is 2.25. The van der Waals surface area contributed by atoms with Crippen molar-refractivity contribution < 1.29 is 9.53 Å². The normalized spacial score (nSPS) is 11.0. The molecule has 0 fully saturated rings. The van der Waals surface area contributed by atoms with Crippen molar-refractivity contribution in [3.8, 4) is 16.3 Å². The van der Waals surface area contributed by atoms with Crippen molar-refractivity contribution in [3.05, 3.63) is 35.3 Å². The third-order valence-corrected chi connectivity index (χ3v) is 4.30. The standard InChI is InChI=1S/C17H23N3O2S.2ClH/c1-3-22-15-6-4-13(5-7-15)17-20-14(11-23-17)8-16(21)19-10-12(2)9-18;;/h4-7,11-12H,3,8-10,18H2,1-2H3,(H,19,21);2*1H. The zero-order chi connectivity index (χ0) is 16.7. The molecule has 1 amide bonds. The largest absolute Gasteiger partial charge is 0.494 e. The molecule has 0 saturated carbocycles. The number of rotatable bonds is 8. The second-order valence-electron chi connectivity index (χ2n) is 5.42. The van der Waals surface area contributed by atoms with Crippen molar-refractivity contribution in [3.63, 3.8) is 0 Å². The minimum atomic E-state index is -0.0196. The molecule has 0 aliphatic rings. The molecular formula is C17H25Cl2N3O2S. The van der Waals surface area contributed by atoms with Crippen molar-refractivity contribution in [1.82, 2.24) is 10.3 Å². The number of nitrogens with zero attached hydrogens (tertiary/aromatic N) is 1. The molecule has 5 nitrogen and oxygen atoms in total. The Morgan fingerprint density at radius 3 is 2.60 bits per heavy atom. The zero-order valence-corrected chi connectivity index (χ0v) is 16.8. The molecule has 25 heavy (non-hydrogen) atoms. The Morgan fingerprint density at radius 1 is 1.32 bits per heavy atom. The second kappa shape index (κ2) is 12.1. The first-order chi connectivity index (χ1) is 11.1. The van der Waals surface area contributed by atoms with Crippen molar-refractivity contribution >= 4 is 42.1 Å². The van der Waals surface area contributed by atoms with E-state index in [4.69, 9.17) is 10.5 Å². The van der Waals surface area contributed by atoms with Crippen molar-refractivity contribution in [2.24, 2.45) is 11.7 Å². The molecule has 140 valence electrons. The Balaban J connectivity index is 0.00000288. The average Bonchev–Trinajstić information content (AvgIpc) is 3.02. The number of carbonyl (C=O) groups excluding carboxylic acids is 1. The first-order valence-electron chi connectivity index (χ1n) is 7.76. The van der Waals surface area contributed by atoms with Gasteiger partial charge in [-0.15, -0.1) is 36.2 Å². The average molecular weight is 406 g/mol. The van der Waals surface area contributed by atoms with Gasteiger partial charge in [-0.3, -0.25) is 4.79 Å². The lowest BCUT2D eigenvalue weighted by Crippen LogP contribution is -2.32. The van der Waals surface area contributed by atoms with E-state index in [1.54, 1.807) is 11.3 Å². The molecule has 3 N–H and O–H groups in total. The molecule has 1 heterocycles. The number of halogens is 2. The summed E-state index contributed by atoms with van der Waals surface area (Å²) in [5.41, 5.74) is 7.36. The Bertz CT molecular complexity index is 635. The molecule has 2 aromatic rings. The zero-order valence-electron chi connectivity index (χ0n) is 14.4. The van der Waals surface area contributed by atoms with Gasteiger partial charge in [0.2, 0.25) is 5.91 Å². The summed E-state index contributed by atoms with van der Waals surface area (Å²) in [5, 5.41) is 5.72. The topological polar surface area (TPSA) is 77.2 Å². The smallest absolute Gasteiger partial charge is 0.226 e. The van der Waals surface area contributed by atoms with Crippen LogP contribution in [0.2, 0.25) is 0 Å². The molecule has 0 saturated heterocycles. The van der Waals surface area contributed by atoms with Gasteiger partial charge in [0.15, 0.2) is 0 Å². The number of ether oxygens (including phenoxy) is 1. The predicted molar refractivity (Wildman–Crippen MR) is 108 cm³/mol. The number of amides is 1. The van der Waals surface area contributed by atoms with Crippen LogP contribution in [-0.4, -0.2) is 30.6 Å². The fraction of sp³-hybridized carbons (Fsp3) is 0.412. The SMILES string of the molecule is CCOc1ccc(-c2nc(CC(=O)NCC(C)CN)cs2)cc1.Cl.Cl. The van der Waals surface area contributed by atoms with Crippen LogP contribution in [0.1, 0.15) is 19.5 Å². The van der Waals surface area contributed by atoms with Crippen molar-refractivity contribution in [1.29, 1.82) is 0 Å². The van der Waals surface area contributed by atoms with Gasteiger partial charge in [0.1, 0.15) is 10.8 Å². The number of hydrogen-bond donors (Lipinski definition) is 2. The van der Waals surface area contributed by atoms with Crippen LogP contribution in [0.25, 0.3) is 10.6 Å². The molecule has 8 heteroatoms. The molecule has 1 aromatic carbocycles. The molecule has 1 atom stereocenters. The van der Waals surface area contributed by atoms with E-state index in [1.165, 1.54) is 0 Å². The molecule has 0 bridgehead atoms. The summed E-state index contributed by atoms with van der Waals surface area (Å²) in [7, 11) is 0. The molecule has 1 aromatic heterocycles. The Hall–Kier alpha value is -1.34. The van der Waals surface area contributed by atoms with Crippen molar-refractivity contribution in [2.45, 2.75) is 20.3 Å². The number of hydrogen-bond acceptors (Lipinski definition) is 5. The van der Waals surface area contributed by atoms with Gasteiger partial charge in [-0.25, -0.2) is 4.98 Å². The molecule has 0 aliphatic heterocycles. The van der Waals surface area contributed by atoms with Gasteiger partial charge in [0.25, 0.3) is 0 Å². The quantitative estimate of drug-likeness (QED) is 0.705. The maximum absolute atomic E-state index is 11.9. The van der Waals surface area contributed by atoms with E-state index in [9.17, 15) is 4.79 Å². The van der Waals surface area contributed by atoms with Gasteiger partial charge in [-0.1, -0.05) is 6.92 Å². The van der Waals surface area contributed by atoms with Gasteiger partial charge < -0.3 is 15.8 Å². The van der Waals surface area contributed by atoms with Gasteiger partial charge in [0.05, 0.1) is 18.7 Å². The number of thiazole rings is 1. The monoisotopic (exact) mass is 405 g/mol. The van der Waals surface area contributed by atoms with Crippen molar-refractivity contribution in [2.75, 3.05) is 19.7 Å². The molecule has 0 radical (unpaired) electrons. The summed E-state index contributed by atoms with van der Waals surface area (Å²) < 4.78 is 5.43. The van der Waals surface area contributed by atoms with Crippen LogP contribution in [0.4, 0.5) is 0 Å². The van der Waals surface area contributed by atoms with Gasteiger partial charge in [0, 0.05) is 17.5 Å². The van der Waals surface area contributed by atoms with E-state index < -0.39 is 0 Å². The highest BCUT2D eigenvalue weighted by atomic mass is 35.5. The minimum Gasteiger partial charge on any atom is -0.494 e. The fourth-order valence-corrected chi connectivity index (χ4v) is 2.81. The maximum atomic E-state index is 11.9. The Morgan fingerprint density at radius 2 is 2.00 bits per heavy atom. The summed E-state index contributed by atoms with van der Waals surface area (Å²) in [6.07, 6.45) is 0.296. The summed E-state index contributed by atoms with van der Waals surface area (Å²) >= 11 is 1.54. The van der Waals surface area contributed by atoms with Gasteiger partial charge in [-0.2, -0.15) is 0 Å². The van der Waals surface area contributed by atoms with Gasteiger partial charge >= 0.3 is 0 Å². The van der Waals surface area contributed by atoms with Crippen LogP contribution in [0, 0.1) is 5.92 Å². The van der Waals surface area contributed by atoms with E-state index >= 15 is 0 Å². The van der Waals surface area contributed by atoms with E-state index in [-0.39, 0.29) is 36.6 Å². The lowest BCUT2D eigenvalue weighted by Gasteiger charge is -2.09. The number of aromatic nitrogens is 1. The first kappa shape index (κ1) is 23.7. The lowest BCUT2D eigenvalue weighted by atomic mass is 10.2. The number of nitrogens with two attached hydrogens (primary N) is 1. The third-order valence-electron chi connectivity index (χ3n) is 3.36. The molecule has 1 unspecified atom stereocenters. The number of nitrogens with one attached hydrogen (secondary N) is 1. The molecule has 0 spiro atoms. The highest BCUT2D eigenvalue weighted by molar-refractivity contribution is 7.13. The van der Waals surface area contributed by atoms with Crippen LogP contribution in [0.3, 0.4) is 0 Å². The van der Waals surface area contributed by atoms with Crippen LogP contribution in [0.5, 0.6) is 5.75 Å². The van der Waals surface area contributed by atoms with E-state index in [0.717, 1.165) is 22.0 Å². The second-order valence-corrected chi connectivity index (χ2v) is 6.28. The Kier molecular flexibility index (Phi) is 11.4. The van der Waals surface area contributed by atoms with Crippen LogP contribution in [-0.2, 0) is 11.2 Å². The maximum Gasteiger partial charge on any atom is 0.226 e. The first-order valence-corrected chi connectivity index (χ1v) is 8.64. The predicted octanol–water partition coefficient (Wildman–Crippen LogP) is 3.31. The fourth-order valence-electron chi connectivity index (χ4n) is 1.98. The van der Waals surface area contributed by atoms with Gasteiger partial charge in [-0.05, 0) is 43.7 Å². The number of carbonyl (C=O) groups is 1. The highest BCUT2D eigenvalue weighted by Gasteiger charge is 2.10. The van der Waals surface area contributed by atoms with E-state index in [1.807, 2.05) is 43.5 Å². The molecule has 2 rings (SSSR count). The third kappa shape index (κ3) is 7.61. The van der Waals surface area contributed by atoms with Crippen LogP contribution in [0.15, 0.2) is 29.6 Å². The Labute approximate surface area is 165 Å². The summed E-state index contributed by atoms with van der Waals surface area (Å²) in [6, 6.07) is 7.83. The molecular weight excluding hydrogens is 381 g/mol. The van der Waals surface area contributed by atoms with E-state index in [0.29, 0.717) is 26.1 Å². The van der Waals surface area contributed by atoms with Crippen LogP contribution >= 0.6 is 36.2 Å². The summed E-state index contributed by atoms with van der Waals surface area (Å²) in [4.78, 5) is 16.4. The van der Waals surface area contributed by atoms with E-state index in [2.05, 4.69) is 10.3 Å². The number of benzene rings is 1.